The van der Waals surface area contributed by atoms with Gasteiger partial charge < -0.3 is 0 Å². The van der Waals surface area contributed by atoms with Gasteiger partial charge >= 0.3 is 139 Å². The quantitative estimate of drug-likeness (QED) is 0.710. The summed E-state index contributed by atoms with van der Waals surface area (Å²) in [6, 6.07) is 7.75. The summed E-state index contributed by atoms with van der Waals surface area (Å²) in [6.45, 7) is 5.76. The molecule has 0 bridgehead atoms. The van der Waals surface area contributed by atoms with Crippen LogP contribution in [0, 0.1) is 18.3 Å². The van der Waals surface area contributed by atoms with Gasteiger partial charge in [-0.15, -0.1) is 0 Å². The molecule has 5 nitrogen and oxygen atoms in total. The number of aromatic carboxylic acids is 1. The van der Waals surface area contributed by atoms with E-state index in [0.29, 0.717) is 21.3 Å². The molecule has 3 aromatic rings. The van der Waals surface area contributed by atoms with Crippen molar-refractivity contribution in [2.45, 2.75) is 26.7 Å². The van der Waals surface area contributed by atoms with Crippen molar-refractivity contribution in [2.24, 2.45) is 0 Å². The summed E-state index contributed by atoms with van der Waals surface area (Å²) in [4.78, 5) is 15.6. The number of hydrogen-bond acceptors (Lipinski definition) is 4. The molecule has 0 amide bonds. The van der Waals surface area contributed by atoms with Gasteiger partial charge in [0.15, 0.2) is 0 Å². The molecule has 116 valence electrons. The zero-order valence-electron chi connectivity index (χ0n) is 12.9. The van der Waals surface area contributed by atoms with E-state index in [9.17, 15) is 15.2 Å². The number of rotatable bonds is 3. The molecule has 2 heterocycles. The Bertz CT molecular complexity index is 960. The van der Waals surface area contributed by atoms with Crippen molar-refractivity contribution < 1.29 is 14.3 Å². The molecule has 0 saturated heterocycles. The second kappa shape index (κ2) is 5.69. The molecule has 6 heteroatoms. The summed E-state index contributed by atoms with van der Waals surface area (Å²) < 4.78 is 6.88. The summed E-state index contributed by atoms with van der Waals surface area (Å²) in [5.41, 5.74) is 2.36. The average Bonchev–Trinajstić information content (AvgIpc) is 3.09. The third-order valence-electron chi connectivity index (χ3n) is 3.56. The van der Waals surface area contributed by atoms with Crippen molar-refractivity contribution in [3.05, 3.63) is 39.7 Å². The second-order valence-electron chi connectivity index (χ2n) is 5.60. The molecule has 0 saturated carbocycles. The number of aryl methyl sites for hydroxylation is 1. The summed E-state index contributed by atoms with van der Waals surface area (Å²) in [5, 5.41) is 19.4. The van der Waals surface area contributed by atoms with E-state index in [1.807, 2.05) is 26.0 Å². The molecule has 23 heavy (non-hydrogen) atoms. The van der Waals surface area contributed by atoms with Gasteiger partial charge in [-0.25, -0.2) is 0 Å². The zero-order chi connectivity index (χ0) is 16.7. The van der Waals surface area contributed by atoms with E-state index in [2.05, 4.69) is 11.1 Å². The summed E-state index contributed by atoms with van der Waals surface area (Å²) >= 11 is -0.360. The van der Waals surface area contributed by atoms with Gasteiger partial charge in [0.2, 0.25) is 0 Å². The van der Waals surface area contributed by atoms with Gasteiger partial charge in [-0.05, 0) is 0 Å². The molecular formula is C17H14N2O3Se. The fourth-order valence-electron chi connectivity index (χ4n) is 2.38. The van der Waals surface area contributed by atoms with E-state index in [1.165, 1.54) is 0 Å². The van der Waals surface area contributed by atoms with Crippen LogP contribution in [0.2, 0.25) is 0 Å². The maximum atomic E-state index is 11.2. The van der Waals surface area contributed by atoms with Crippen LogP contribution in [0.1, 0.15) is 46.0 Å². The Hall–Kier alpha value is -2.35. The third kappa shape index (κ3) is 2.70. The number of nitrogens with zero attached hydrogens (tertiary/aromatic N) is 2. The Morgan fingerprint density at radius 3 is 2.70 bits per heavy atom. The minimum absolute atomic E-state index is 0.230. The summed E-state index contributed by atoms with van der Waals surface area (Å²) in [6.07, 6.45) is 0. The van der Waals surface area contributed by atoms with Gasteiger partial charge in [0.1, 0.15) is 0 Å². The number of fused-ring (bicyclic) bond motifs is 1. The predicted molar refractivity (Wildman–Crippen MR) is 86.9 cm³/mol. The average molecular weight is 373 g/mol. The Morgan fingerprint density at radius 2 is 2.13 bits per heavy atom. The second-order valence-corrected chi connectivity index (χ2v) is 7.69. The maximum absolute atomic E-state index is 11.2. The van der Waals surface area contributed by atoms with Gasteiger partial charge in [0, 0.05) is 0 Å². The van der Waals surface area contributed by atoms with Gasteiger partial charge in [-0.2, -0.15) is 0 Å². The molecule has 0 aliphatic carbocycles. The van der Waals surface area contributed by atoms with E-state index in [4.69, 9.17) is 4.42 Å². The van der Waals surface area contributed by atoms with Crippen LogP contribution in [-0.2, 0) is 0 Å². The number of hydrogen-bond donors (Lipinski definition) is 1. The molecular weight excluding hydrogens is 359 g/mol. The van der Waals surface area contributed by atoms with E-state index in [-0.39, 0.29) is 20.4 Å². The summed E-state index contributed by atoms with van der Waals surface area (Å²) in [7, 11) is 0. The number of benzene rings is 1. The number of furan rings is 1. The van der Waals surface area contributed by atoms with E-state index < -0.39 is 5.97 Å². The Labute approximate surface area is 138 Å². The van der Waals surface area contributed by atoms with Crippen molar-refractivity contribution in [1.82, 2.24) is 4.98 Å². The van der Waals surface area contributed by atoms with Crippen molar-refractivity contribution in [1.29, 1.82) is 5.26 Å². The SMILES string of the molecule is Cc1nc(-c2cc(C#N)c3oc(C(C)C)cc3c2)[se]c1C(=O)O. The van der Waals surface area contributed by atoms with Crippen LogP contribution < -0.4 is 0 Å². The number of aromatic nitrogens is 1. The molecule has 0 unspecified atom stereocenters. The number of carboxylic acid groups (broad SMARTS) is 1. The van der Waals surface area contributed by atoms with Crippen LogP contribution in [0.5, 0.6) is 0 Å². The normalized spacial score (nSPS) is 11.1. The van der Waals surface area contributed by atoms with Crippen LogP contribution in [-0.4, -0.2) is 30.6 Å². The van der Waals surface area contributed by atoms with Gasteiger partial charge in [-0.1, -0.05) is 0 Å². The minimum atomic E-state index is -0.923. The molecule has 2 aromatic heterocycles. The first-order valence-electron chi connectivity index (χ1n) is 7.09. The monoisotopic (exact) mass is 374 g/mol. The first-order valence-corrected chi connectivity index (χ1v) is 8.80. The Balaban J connectivity index is 2.21. The molecule has 0 spiro atoms. The topological polar surface area (TPSA) is 87.1 Å². The molecule has 1 aromatic carbocycles. The molecule has 0 aliphatic heterocycles. The molecule has 0 radical (unpaired) electrons. The first-order chi connectivity index (χ1) is 10.9. The third-order valence-corrected chi connectivity index (χ3v) is 6.07. The van der Waals surface area contributed by atoms with E-state index in [1.54, 1.807) is 13.0 Å². The Morgan fingerprint density at radius 1 is 1.39 bits per heavy atom. The van der Waals surface area contributed by atoms with Crippen molar-refractivity contribution in [3.63, 3.8) is 0 Å². The Kier molecular flexibility index (Phi) is 3.85. The van der Waals surface area contributed by atoms with Crippen molar-refractivity contribution >= 4 is 31.4 Å². The first kappa shape index (κ1) is 15.5. The molecule has 3 rings (SSSR count). The van der Waals surface area contributed by atoms with Crippen LogP contribution in [0.3, 0.4) is 0 Å². The van der Waals surface area contributed by atoms with E-state index in [0.717, 1.165) is 21.3 Å². The molecule has 0 aliphatic rings. The molecule has 1 N–H and O–H groups in total. The number of carbonyl (C=O) groups is 1. The summed E-state index contributed by atoms with van der Waals surface area (Å²) in [5.74, 6) is 0.134. The van der Waals surface area contributed by atoms with Gasteiger partial charge in [0.05, 0.1) is 0 Å². The molecule has 0 atom stereocenters. The number of carboxylic acids is 1. The van der Waals surface area contributed by atoms with Crippen LogP contribution in [0.4, 0.5) is 0 Å². The molecule has 0 fully saturated rings. The van der Waals surface area contributed by atoms with Crippen molar-refractivity contribution in [3.8, 4) is 16.2 Å². The van der Waals surface area contributed by atoms with Gasteiger partial charge in [0.25, 0.3) is 0 Å². The number of nitriles is 1. The fraction of sp³-hybridized carbons (Fsp3) is 0.235. The van der Waals surface area contributed by atoms with Crippen LogP contribution >= 0.6 is 0 Å². The van der Waals surface area contributed by atoms with Crippen LogP contribution in [0.25, 0.3) is 21.1 Å². The standard InChI is InChI=1S/C17H14N2O3Se/c1-8(2)13-6-10-4-11(5-12(7-18)14(10)22-13)16-19-9(3)15(23-16)17(20)21/h4-6,8H,1-3H3,(H,20,21). The van der Waals surface area contributed by atoms with Gasteiger partial charge in [-0.3, -0.25) is 0 Å². The predicted octanol–water partition coefficient (Wildman–Crippen LogP) is 3.55. The fourth-order valence-corrected chi connectivity index (χ4v) is 4.25. The van der Waals surface area contributed by atoms with Crippen molar-refractivity contribution in [2.75, 3.05) is 0 Å². The zero-order valence-corrected chi connectivity index (χ0v) is 14.6. The van der Waals surface area contributed by atoms with E-state index >= 15 is 0 Å². The van der Waals surface area contributed by atoms with Crippen LogP contribution in [0.15, 0.2) is 22.6 Å².